The fourth-order valence-electron chi connectivity index (χ4n) is 2.59. The van der Waals surface area contributed by atoms with E-state index in [1.54, 1.807) is 45.0 Å². The maximum absolute atomic E-state index is 12.6. The predicted molar refractivity (Wildman–Crippen MR) is 110 cm³/mol. The summed E-state index contributed by atoms with van der Waals surface area (Å²) in [5.41, 5.74) is 3.54. The van der Waals surface area contributed by atoms with E-state index in [-0.39, 0.29) is 29.4 Å². The Labute approximate surface area is 169 Å². The van der Waals surface area contributed by atoms with E-state index in [2.05, 4.69) is 10.5 Å². The Hall–Kier alpha value is -2.49. The topological polar surface area (TPSA) is 105 Å². The van der Waals surface area contributed by atoms with Crippen molar-refractivity contribution in [3.05, 3.63) is 63.2 Å². The molecule has 0 aliphatic carbocycles. The van der Waals surface area contributed by atoms with Crippen LogP contribution in [0.1, 0.15) is 26.3 Å². The molecule has 0 bridgehead atoms. The van der Waals surface area contributed by atoms with Gasteiger partial charge in [0.15, 0.2) is 0 Å². The summed E-state index contributed by atoms with van der Waals surface area (Å²) in [6, 6.07) is 10.8. The van der Waals surface area contributed by atoms with Crippen LogP contribution >= 0.6 is 11.6 Å². The third kappa shape index (κ3) is 4.67. The molecule has 0 amide bonds. The lowest BCUT2D eigenvalue weighted by Gasteiger charge is -2.18. The molecule has 2 aromatic rings. The van der Waals surface area contributed by atoms with Gasteiger partial charge in [-0.05, 0) is 25.1 Å². The van der Waals surface area contributed by atoms with Crippen molar-refractivity contribution in [2.45, 2.75) is 25.7 Å². The normalized spacial score (nSPS) is 12.2. The molecule has 0 atom stereocenters. The molecule has 1 N–H and O–H groups in total. The predicted octanol–water partition coefficient (Wildman–Crippen LogP) is 4.11. The molecule has 150 valence electrons. The van der Waals surface area contributed by atoms with Gasteiger partial charge in [-0.25, -0.2) is 8.42 Å². The number of hydrogen-bond acceptors (Lipinski definition) is 6. The van der Waals surface area contributed by atoms with Crippen LogP contribution in [0.2, 0.25) is 5.02 Å². The first-order valence-corrected chi connectivity index (χ1v) is 10.4. The van der Waals surface area contributed by atoms with E-state index in [0.29, 0.717) is 16.3 Å². The number of halogens is 1. The van der Waals surface area contributed by atoms with Crippen molar-refractivity contribution >= 4 is 38.7 Å². The first-order valence-electron chi connectivity index (χ1n) is 8.56. The zero-order valence-corrected chi connectivity index (χ0v) is 17.3. The number of nitro groups is 1. The number of nitrogens with zero attached hydrogens (tertiary/aromatic N) is 3. The summed E-state index contributed by atoms with van der Waals surface area (Å²) in [5, 5.41) is 16.1. The van der Waals surface area contributed by atoms with Gasteiger partial charge in [0.2, 0.25) is 10.0 Å². The summed E-state index contributed by atoms with van der Waals surface area (Å²) in [5.74, 6) is 0. The summed E-state index contributed by atoms with van der Waals surface area (Å²) in [6.07, 6.45) is 0. The molecule has 28 heavy (non-hydrogen) atoms. The second-order valence-electron chi connectivity index (χ2n) is 5.81. The Morgan fingerprint density at radius 3 is 2.43 bits per heavy atom. The minimum absolute atomic E-state index is 0.0786. The Kier molecular flexibility index (Phi) is 7.11. The third-order valence-corrected chi connectivity index (χ3v) is 6.49. The second kappa shape index (κ2) is 9.13. The van der Waals surface area contributed by atoms with Crippen LogP contribution in [0, 0.1) is 10.1 Å². The van der Waals surface area contributed by atoms with Crippen LogP contribution in [-0.4, -0.2) is 36.4 Å². The van der Waals surface area contributed by atoms with Gasteiger partial charge in [0, 0.05) is 29.7 Å². The first-order chi connectivity index (χ1) is 13.2. The van der Waals surface area contributed by atoms with E-state index in [0.717, 1.165) is 6.07 Å². The Bertz CT molecular complexity index is 1000. The quantitative estimate of drug-likeness (QED) is 0.390. The van der Waals surface area contributed by atoms with Crippen LogP contribution in [0.25, 0.3) is 0 Å². The lowest BCUT2D eigenvalue weighted by Crippen LogP contribution is -2.30. The molecule has 10 heteroatoms. The second-order valence-corrected chi connectivity index (χ2v) is 8.16. The standard InChI is InChI=1S/C18H21ClN4O4S/c1-4-22(5-2)28(26,27)14-10-11-17(18(12-14)23(24)25)21-20-13(3)15-8-6-7-9-16(15)19/h6-12,21H,4-5H2,1-3H3. The van der Waals surface area contributed by atoms with E-state index in [1.165, 1.54) is 16.4 Å². The highest BCUT2D eigenvalue weighted by molar-refractivity contribution is 7.89. The zero-order chi connectivity index (χ0) is 20.9. The highest BCUT2D eigenvalue weighted by Crippen LogP contribution is 2.29. The molecule has 0 radical (unpaired) electrons. The monoisotopic (exact) mass is 424 g/mol. The smallest absolute Gasteiger partial charge is 0.271 e. The number of sulfonamides is 1. The summed E-state index contributed by atoms with van der Waals surface area (Å²) in [7, 11) is -3.81. The summed E-state index contributed by atoms with van der Waals surface area (Å²) in [6.45, 7) is 5.66. The number of hydrazone groups is 1. The van der Waals surface area contributed by atoms with Crippen LogP contribution in [0.5, 0.6) is 0 Å². The van der Waals surface area contributed by atoms with E-state index < -0.39 is 14.9 Å². The summed E-state index contributed by atoms with van der Waals surface area (Å²) < 4.78 is 26.5. The van der Waals surface area contributed by atoms with E-state index in [1.807, 2.05) is 0 Å². The maximum Gasteiger partial charge on any atom is 0.295 e. The summed E-state index contributed by atoms with van der Waals surface area (Å²) >= 11 is 6.12. The fraction of sp³-hybridized carbons (Fsp3) is 0.278. The van der Waals surface area contributed by atoms with Crippen LogP contribution in [-0.2, 0) is 10.0 Å². The molecule has 0 fully saturated rings. The van der Waals surface area contributed by atoms with Gasteiger partial charge in [0.25, 0.3) is 5.69 Å². The molecule has 0 aliphatic rings. The fourth-order valence-corrected chi connectivity index (χ4v) is 4.34. The number of benzene rings is 2. The molecule has 0 aromatic heterocycles. The molecule has 0 aliphatic heterocycles. The van der Waals surface area contributed by atoms with Crippen LogP contribution in [0.3, 0.4) is 0 Å². The van der Waals surface area contributed by atoms with Crippen molar-refractivity contribution in [2.75, 3.05) is 18.5 Å². The average molecular weight is 425 g/mol. The lowest BCUT2D eigenvalue weighted by molar-refractivity contribution is -0.384. The number of nitrogens with one attached hydrogen (secondary N) is 1. The minimum atomic E-state index is -3.81. The van der Waals surface area contributed by atoms with Crippen molar-refractivity contribution < 1.29 is 13.3 Å². The molecular weight excluding hydrogens is 404 g/mol. The number of nitro benzene ring substituents is 1. The van der Waals surface area contributed by atoms with E-state index >= 15 is 0 Å². The van der Waals surface area contributed by atoms with Gasteiger partial charge in [0.05, 0.1) is 15.5 Å². The Morgan fingerprint density at radius 2 is 1.86 bits per heavy atom. The number of anilines is 1. The van der Waals surface area contributed by atoms with Crippen molar-refractivity contribution in [3.63, 3.8) is 0 Å². The van der Waals surface area contributed by atoms with E-state index in [4.69, 9.17) is 11.6 Å². The SMILES string of the molecule is CCN(CC)S(=O)(=O)c1ccc(NN=C(C)c2ccccc2Cl)c([N+](=O)[O-])c1. The minimum Gasteiger partial charge on any atom is -0.271 e. The molecule has 0 spiro atoms. The zero-order valence-electron chi connectivity index (χ0n) is 15.7. The van der Waals surface area contributed by atoms with Crippen molar-refractivity contribution in [3.8, 4) is 0 Å². The molecule has 2 rings (SSSR count). The number of rotatable bonds is 8. The molecule has 8 nitrogen and oxygen atoms in total. The van der Waals surface area contributed by atoms with Gasteiger partial charge in [-0.1, -0.05) is 43.6 Å². The maximum atomic E-state index is 12.6. The van der Waals surface area contributed by atoms with E-state index in [9.17, 15) is 18.5 Å². The summed E-state index contributed by atoms with van der Waals surface area (Å²) in [4.78, 5) is 10.7. The molecule has 0 unspecified atom stereocenters. The Morgan fingerprint density at radius 1 is 1.21 bits per heavy atom. The van der Waals surface area contributed by atoms with Crippen molar-refractivity contribution in [1.82, 2.24) is 4.31 Å². The molecule has 2 aromatic carbocycles. The van der Waals surface area contributed by atoms with Gasteiger partial charge in [-0.15, -0.1) is 0 Å². The van der Waals surface area contributed by atoms with Gasteiger partial charge in [-0.2, -0.15) is 9.41 Å². The van der Waals surface area contributed by atoms with Crippen molar-refractivity contribution in [1.29, 1.82) is 0 Å². The highest BCUT2D eigenvalue weighted by Gasteiger charge is 2.25. The first kappa shape index (κ1) is 21.8. The molecule has 0 saturated carbocycles. The van der Waals surface area contributed by atoms with Crippen molar-refractivity contribution in [2.24, 2.45) is 5.10 Å². The average Bonchev–Trinajstić information content (AvgIpc) is 2.67. The van der Waals surface area contributed by atoms with Crippen LogP contribution in [0.15, 0.2) is 52.5 Å². The molecular formula is C18H21ClN4O4S. The number of hydrogen-bond donors (Lipinski definition) is 1. The van der Waals surface area contributed by atoms with Crippen LogP contribution in [0.4, 0.5) is 11.4 Å². The van der Waals surface area contributed by atoms with Gasteiger partial charge < -0.3 is 0 Å². The molecule has 0 heterocycles. The lowest BCUT2D eigenvalue weighted by atomic mass is 10.1. The van der Waals surface area contributed by atoms with Crippen LogP contribution < -0.4 is 5.43 Å². The largest absolute Gasteiger partial charge is 0.295 e. The third-order valence-electron chi connectivity index (χ3n) is 4.12. The Balaban J connectivity index is 2.40. The van der Waals surface area contributed by atoms with Gasteiger partial charge in [0.1, 0.15) is 5.69 Å². The highest BCUT2D eigenvalue weighted by atomic mass is 35.5. The van der Waals surface area contributed by atoms with Gasteiger partial charge >= 0.3 is 0 Å². The molecule has 0 saturated heterocycles. The van der Waals surface area contributed by atoms with Gasteiger partial charge in [-0.3, -0.25) is 15.5 Å².